The van der Waals surface area contributed by atoms with Crippen LogP contribution < -0.4 is 20.3 Å². The number of ether oxygens (including phenoxy) is 1. The fourth-order valence-corrected chi connectivity index (χ4v) is 7.00. The van der Waals surface area contributed by atoms with Gasteiger partial charge in [-0.25, -0.2) is 13.2 Å². The number of nitrogens with one attached hydrogen (secondary N) is 2. The summed E-state index contributed by atoms with van der Waals surface area (Å²) in [5.41, 5.74) is 1.39. The van der Waals surface area contributed by atoms with E-state index in [0.717, 1.165) is 57.3 Å². The van der Waals surface area contributed by atoms with Crippen molar-refractivity contribution in [2.75, 3.05) is 35.3 Å². The number of rotatable bonds is 9. The summed E-state index contributed by atoms with van der Waals surface area (Å²) >= 11 is 0. The van der Waals surface area contributed by atoms with Crippen molar-refractivity contribution < 1.29 is 22.7 Å². The number of hydrogen-bond acceptors (Lipinski definition) is 7. The molecule has 2 aromatic rings. The van der Waals surface area contributed by atoms with Crippen molar-refractivity contribution >= 4 is 39.0 Å². The summed E-state index contributed by atoms with van der Waals surface area (Å²) < 4.78 is 29.4. The Hall–Kier alpha value is -3.44. The molecule has 1 saturated carbocycles. The van der Waals surface area contributed by atoms with Crippen LogP contribution in [0.3, 0.4) is 0 Å². The number of aliphatic imine (C=N–C) groups is 1. The van der Waals surface area contributed by atoms with Gasteiger partial charge >= 0.3 is 6.03 Å². The molecule has 2 heterocycles. The Bertz CT molecular complexity index is 1460. The van der Waals surface area contributed by atoms with Gasteiger partial charge in [0.2, 0.25) is 5.91 Å². The van der Waals surface area contributed by atoms with Gasteiger partial charge in [0.15, 0.2) is 9.84 Å². The third-order valence-electron chi connectivity index (χ3n) is 8.36. The van der Waals surface area contributed by atoms with Crippen molar-refractivity contribution in [3.63, 3.8) is 0 Å². The van der Waals surface area contributed by atoms with Crippen LogP contribution in [0.15, 0.2) is 53.5 Å². The molecular weight excluding hydrogens is 566 g/mol. The molecule has 11 heteroatoms. The third kappa shape index (κ3) is 7.56. The zero-order valence-electron chi connectivity index (χ0n) is 25.3. The number of carbonyl (C=O) groups is 2. The number of amides is 3. The Labute approximate surface area is 254 Å². The fraction of sp³-hybridized carbons (Fsp3) is 0.531. The number of anilines is 2. The zero-order chi connectivity index (χ0) is 30.6. The highest BCUT2D eigenvalue weighted by atomic mass is 32.2. The average Bonchev–Trinajstić information content (AvgIpc) is 3.19. The van der Waals surface area contributed by atoms with Gasteiger partial charge in [-0.15, -0.1) is 0 Å². The highest BCUT2D eigenvalue weighted by molar-refractivity contribution is 7.91. The molecular formula is C32H43N5O5S. The molecule has 43 heavy (non-hydrogen) atoms. The van der Waals surface area contributed by atoms with E-state index >= 15 is 0 Å². The second kappa shape index (κ2) is 13.1. The molecule has 0 aromatic heterocycles. The second-order valence-electron chi connectivity index (χ2n) is 12.3. The van der Waals surface area contributed by atoms with Gasteiger partial charge in [0, 0.05) is 25.9 Å². The lowest BCUT2D eigenvalue weighted by atomic mass is 9.84. The lowest BCUT2D eigenvalue weighted by Crippen LogP contribution is -2.57. The van der Waals surface area contributed by atoms with E-state index in [2.05, 4.69) is 27.7 Å². The first kappa shape index (κ1) is 31.0. The van der Waals surface area contributed by atoms with Crippen molar-refractivity contribution in [2.24, 2.45) is 4.99 Å². The van der Waals surface area contributed by atoms with Gasteiger partial charge in [-0.2, -0.15) is 0 Å². The average molecular weight is 610 g/mol. The highest BCUT2D eigenvalue weighted by Gasteiger charge is 2.53. The van der Waals surface area contributed by atoms with Crippen LogP contribution in [0.5, 0.6) is 5.75 Å². The maximum atomic E-state index is 13.8. The minimum atomic E-state index is -3.52. The van der Waals surface area contributed by atoms with Gasteiger partial charge in [-0.3, -0.25) is 24.9 Å². The summed E-state index contributed by atoms with van der Waals surface area (Å²) in [5, 5.41) is 5.85. The van der Waals surface area contributed by atoms with Crippen molar-refractivity contribution in [3.8, 4) is 5.75 Å². The van der Waals surface area contributed by atoms with Crippen LogP contribution in [0.2, 0.25) is 0 Å². The number of likely N-dealkylation sites (tertiary alicyclic amines) is 1. The molecule has 1 spiro atoms. The van der Waals surface area contributed by atoms with Crippen molar-refractivity contribution in [1.82, 2.24) is 10.2 Å². The summed E-state index contributed by atoms with van der Waals surface area (Å²) in [6.45, 7) is 6.28. The number of amidine groups is 1. The molecule has 10 nitrogen and oxygen atoms in total. The topological polar surface area (TPSA) is 120 Å². The van der Waals surface area contributed by atoms with Gasteiger partial charge in [-0.1, -0.05) is 43.5 Å². The molecule has 2 N–H and O–H groups in total. The number of sulfone groups is 1. The van der Waals surface area contributed by atoms with Crippen LogP contribution in [-0.4, -0.2) is 73.9 Å². The van der Waals surface area contributed by atoms with Crippen LogP contribution in [0.1, 0.15) is 64.4 Å². The minimum absolute atomic E-state index is 0.101. The van der Waals surface area contributed by atoms with E-state index in [1.165, 1.54) is 12.0 Å². The first-order valence-corrected chi connectivity index (χ1v) is 17.3. The Morgan fingerprint density at radius 3 is 2.51 bits per heavy atom. The molecule has 1 aliphatic carbocycles. The van der Waals surface area contributed by atoms with Crippen LogP contribution in [0.25, 0.3) is 0 Å². The van der Waals surface area contributed by atoms with E-state index in [1.807, 2.05) is 32.0 Å². The summed E-state index contributed by atoms with van der Waals surface area (Å²) in [6.07, 6.45) is 7.94. The van der Waals surface area contributed by atoms with E-state index < -0.39 is 27.0 Å². The zero-order valence-corrected chi connectivity index (χ0v) is 26.2. The molecule has 0 unspecified atom stereocenters. The van der Waals surface area contributed by atoms with Crippen molar-refractivity contribution in [2.45, 2.75) is 83.0 Å². The highest BCUT2D eigenvalue weighted by Crippen LogP contribution is 2.41. The van der Waals surface area contributed by atoms with Crippen LogP contribution in [-0.2, 0) is 21.2 Å². The molecule has 0 radical (unpaired) electrons. The predicted octanol–water partition coefficient (Wildman–Crippen LogP) is 4.75. The summed E-state index contributed by atoms with van der Waals surface area (Å²) in [6, 6.07) is 15.2. The van der Waals surface area contributed by atoms with Crippen molar-refractivity contribution in [1.29, 1.82) is 0 Å². The van der Waals surface area contributed by atoms with Crippen LogP contribution >= 0.6 is 0 Å². The number of urea groups is 1. The Morgan fingerprint density at radius 2 is 1.81 bits per heavy atom. The van der Waals surface area contributed by atoms with Crippen molar-refractivity contribution in [3.05, 3.63) is 54.1 Å². The van der Waals surface area contributed by atoms with E-state index in [0.29, 0.717) is 30.1 Å². The third-order valence-corrected chi connectivity index (χ3v) is 9.14. The summed E-state index contributed by atoms with van der Waals surface area (Å²) in [4.78, 5) is 35.7. The Balaban J connectivity index is 1.43. The first-order chi connectivity index (χ1) is 20.5. The molecule has 3 aliphatic rings. The second-order valence-corrected chi connectivity index (χ2v) is 14.4. The van der Waals surface area contributed by atoms with Gasteiger partial charge in [0.1, 0.15) is 22.9 Å². The van der Waals surface area contributed by atoms with E-state index in [1.54, 1.807) is 23.1 Å². The largest absolute Gasteiger partial charge is 0.491 e. The van der Waals surface area contributed by atoms with Gasteiger partial charge in [-0.05, 0) is 69.4 Å². The maximum Gasteiger partial charge on any atom is 0.328 e. The molecule has 3 fully saturated rings. The number of carbonyl (C=O) groups excluding carboxylic acids is 2. The Kier molecular flexibility index (Phi) is 9.41. The summed E-state index contributed by atoms with van der Waals surface area (Å²) in [5.74, 6) is 0.284. The molecule has 3 amide bonds. The standard InChI is InChI=1S/C32H43N5O5S/c1-23(2)42-26-13-9-10-24(20-26)21-36-18-16-32(17-19-36)30(33-25-11-5-4-6-12-25)35-31(39)37(32)28-15-8-7-14-27(28)34-29(38)22-43(3,40)41/h7-10,13-15,20,23,25H,4-6,11-12,16-19,21-22H2,1-3H3,(H,34,38)(H,33,35,39). The number of hydrogen-bond donors (Lipinski definition) is 2. The van der Waals surface area contributed by atoms with Crippen LogP contribution in [0, 0.1) is 0 Å². The molecule has 2 aliphatic heterocycles. The monoisotopic (exact) mass is 609 g/mol. The van der Waals surface area contributed by atoms with Gasteiger partial charge < -0.3 is 10.1 Å². The number of benzene rings is 2. The summed E-state index contributed by atoms with van der Waals surface area (Å²) in [7, 11) is -3.52. The predicted molar refractivity (Wildman–Crippen MR) is 170 cm³/mol. The minimum Gasteiger partial charge on any atom is -0.491 e. The molecule has 2 saturated heterocycles. The number of piperidine rings is 1. The maximum absolute atomic E-state index is 13.8. The SMILES string of the molecule is CC(C)Oc1cccc(CN2CCC3(CC2)C(=NC2CCCCC2)NC(=O)N3c2ccccc2NC(=O)CS(C)(=O)=O)c1. The number of para-hydroxylation sites is 2. The van der Waals surface area contributed by atoms with E-state index in [-0.39, 0.29) is 18.2 Å². The Morgan fingerprint density at radius 1 is 1.09 bits per heavy atom. The molecule has 0 atom stereocenters. The van der Waals surface area contributed by atoms with E-state index in [4.69, 9.17) is 9.73 Å². The smallest absolute Gasteiger partial charge is 0.328 e. The number of nitrogens with zero attached hydrogens (tertiary/aromatic N) is 3. The first-order valence-electron chi connectivity index (χ1n) is 15.3. The normalized spacial score (nSPS) is 20.5. The molecule has 0 bridgehead atoms. The van der Waals surface area contributed by atoms with E-state index in [9.17, 15) is 18.0 Å². The quantitative estimate of drug-likeness (QED) is 0.423. The lowest BCUT2D eigenvalue weighted by molar-refractivity contribution is -0.113. The molecule has 2 aromatic carbocycles. The van der Waals surface area contributed by atoms with Crippen LogP contribution in [0.4, 0.5) is 16.2 Å². The lowest BCUT2D eigenvalue weighted by Gasteiger charge is -2.44. The van der Waals surface area contributed by atoms with Gasteiger partial charge in [0.05, 0.1) is 23.5 Å². The fourth-order valence-electron chi connectivity index (χ4n) is 6.45. The molecule has 5 rings (SSSR count). The molecule has 232 valence electrons. The van der Waals surface area contributed by atoms with Gasteiger partial charge in [0.25, 0.3) is 0 Å².